The van der Waals surface area contributed by atoms with E-state index in [1.807, 2.05) is 31.2 Å². The molecule has 104 valence electrons. The number of hydrogen-bond donors (Lipinski definition) is 0. The molecule has 1 atom stereocenters. The summed E-state index contributed by atoms with van der Waals surface area (Å²) >= 11 is 3.37. The van der Waals surface area contributed by atoms with Crippen LogP contribution >= 0.6 is 15.9 Å². The second kappa shape index (κ2) is 8.10. The molecule has 0 heterocycles. The first-order valence-corrected chi connectivity index (χ1v) is 7.31. The van der Waals surface area contributed by atoms with Gasteiger partial charge in [0.1, 0.15) is 5.92 Å². The van der Waals surface area contributed by atoms with Crippen LogP contribution in [0.5, 0.6) is 0 Å². The smallest absolute Gasteiger partial charge is 0.316 e. The molecule has 1 rings (SSSR count). The predicted octanol–water partition coefficient (Wildman–Crippen LogP) is 3.54. The lowest BCUT2D eigenvalue weighted by molar-refractivity contribution is -0.151. The number of halogens is 1. The third-order valence-electron chi connectivity index (χ3n) is 2.80. The van der Waals surface area contributed by atoms with E-state index in [1.165, 1.54) is 0 Å². The van der Waals surface area contributed by atoms with Crippen molar-refractivity contribution >= 4 is 27.7 Å². The van der Waals surface area contributed by atoms with Gasteiger partial charge >= 0.3 is 5.97 Å². The number of esters is 1. The minimum Gasteiger partial charge on any atom is -0.465 e. The van der Waals surface area contributed by atoms with Gasteiger partial charge in [-0.25, -0.2) is 0 Å². The summed E-state index contributed by atoms with van der Waals surface area (Å²) in [7, 11) is 0. The Morgan fingerprint density at radius 2 is 2.05 bits per heavy atom. The van der Waals surface area contributed by atoms with E-state index in [0.717, 1.165) is 16.5 Å². The fourth-order valence-corrected chi connectivity index (χ4v) is 2.36. The predicted molar refractivity (Wildman–Crippen MR) is 77.9 cm³/mol. The van der Waals surface area contributed by atoms with Crippen LogP contribution in [0.4, 0.5) is 0 Å². The zero-order chi connectivity index (χ0) is 14.3. The van der Waals surface area contributed by atoms with E-state index in [0.29, 0.717) is 13.0 Å². The first-order chi connectivity index (χ1) is 9.08. The SMILES string of the molecule is CCCC(C(=O)Cc1cccc(Br)c1)C(=O)OCC. The van der Waals surface area contributed by atoms with Crippen molar-refractivity contribution in [2.45, 2.75) is 33.1 Å². The van der Waals surface area contributed by atoms with Gasteiger partial charge in [0.15, 0.2) is 5.78 Å². The standard InChI is InChI=1S/C15H19BrO3/c1-3-6-13(15(18)19-4-2)14(17)10-11-7-5-8-12(16)9-11/h5,7-9,13H,3-4,6,10H2,1-2H3. The fourth-order valence-electron chi connectivity index (χ4n) is 1.91. The van der Waals surface area contributed by atoms with Crippen LogP contribution < -0.4 is 0 Å². The largest absolute Gasteiger partial charge is 0.465 e. The number of hydrogen-bond acceptors (Lipinski definition) is 3. The number of Topliss-reactive ketones (excluding diaryl/α,β-unsaturated/α-hetero) is 1. The van der Waals surface area contributed by atoms with E-state index in [9.17, 15) is 9.59 Å². The Hall–Kier alpha value is -1.16. The highest BCUT2D eigenvalue weighted by molar-refractivity contribution is 9.10. The lowest BCUT2D eigenvalue weighted by Gasteiger charge is -2.13. The maximum atomic E-state index is 12.2. The van der Waals surface area contributed by atoms with Crippen molar-refractivity contribution in [1.82, 2.24) is 0 Å². The zero-order valence-electron chi connectivity index (χ0n) is 11.3. The first kappa shape index (κ1) is 15.9. The number of carbonyl (C=O) groups is 2. The van der Waals surface area contributed by atoms with E-state index >= 15 is 0 Å². The van der Waals surface area contributed by atoms with Crippen molar-refractivity contribution in [3.63, 3.8) is 0 Å². The molecule has 0 fully saturated rings. The zero-order valence-corrected chi connectivity index (χ0v) is 12.9. The van der Waals surface area contributed by atoms with Gasteiger partial charge in [-0.2, -0.15) is 0 Å². The Morgan fingerprint density at radius 3 is 2.63 bits per heavy atom. The summed E-state index contributed by atoms with van der Waals surface area (Å²) in [6.45, 7) is 4.02. The lowest BCUT2D eigenvalue weighted by atomic mass is 9.94. The van der Waals surface area contributed by atoms with Crippen LogP contribution in [0.1, 0.15) is 32.3 Å². The molecular weight excluding hydrogens is 308 g/mol. The van der Waals surface area contributed by atoms with Gasteiger partial charge in [-0.15, -0.1) is 0 Å². The third kappa shape index (κ3) is 5.15. The maximum absolute atomic E-state index is 12.2. The van der Waals surface area contributed by atoms with Gasteiger partial charge in [-0.3, -0.25) is 9.59 Å². The molecular formula is C15H19BrO3. The second-order valence-electron chi connectivity index (χ2n) is 4.37. The van der Waals surface area contributed by atoms with Crippen molar-refractivity contribution in [1.29, 1.82) is 0 Å². The van der Waals surface area contributed by atoms with Gasteiger partial charge in [-0.1, -0.05) is 41.4 Å². The van der Waals surface area contributed by atoms with Crippen LogP contribution in [0.15, 0.2) is 28.7 Å². The second-order valence-corrected chi connectivity index (χ2v) is 5.28. The van der Waals surface area contributed by atoms with Crippen LogP contribution in [0.25, 0.3) is 0 Å². The van der Waals surface area contributed by atoms with Crippen molar-refractivity contribution in [3.8, 4) is 0 Å². The Balaban J connectivity index is 2.74. The summed E-state index contributed by atoms with van der Waals surface area (Å²) in [4.78, 5) is 24.0. The van der Waals surface area contributed by atoms with Crippen LogP contribution in [0.3, 0.4) is 0 Å². The number of rotatable bonds is 7. The fraction of sp³-hybridized carbons (Fsp3) is 0.467. The van der Waals surface area contributed by atoms with Crippen LogP contribution in [-0.2, 0) is 20.7 Å². The molecule has 0 bridgehead atoms. The van der Waals surface area contributed by atoms with Gasteiger partial charge in [0, 0.05) is 10.9 Å². The van der Waals surface area contributed by atoms with E-state index in [2.05, 4.69) is 15.9 Å². The van der Waals surface area contributed by atoms with Gasteiger partial charge in [0.2, 0.25) is 0 Å². The Kier molecular flexibility index (Phi) is 6.78. The molecule has 0 aliphatic heterocycles. The molecule has 0 spiro atoms. The molecule has 0 aromatic heterocycles. The van der Waals surface area contributed by atoms with Crippen LogP contribution in [0.2, 0.25) is 0 Å². The molecule has 0 saturated carbocycles. The van der Waals surface area contributed by atoms with Crippen LogP contribution in [-0.4, -0.2) is 18.4 Å². The van der Waals surface area contributed by atoms with E-state index in [1.54, 1.807) is 6.92 Å². The molecule has 1 unspecified atom stereocenters. The van der Waals surface area contributed by atoms with Crippen molar-refractivity contribution in [2.24, 2.45) is 5.92 Å². The highest BCUT2D eigenvalue weighted by Gasteiger charge is 2.26. The molecule has 0 saturated heterocycles. The molecule has 0 aliphatic carbocycles. The van der Waals surface area contributed by atoms with Gasteiger partial charge in [0.25, 0.3) is 0 Å². The normalized spacial score (nSPS) is 11.9. The Morgan fingerprint density at radius 1 is 1.32 bits per heavy atom. The summed E-state index contributed by atoms with van der Waals surface area (Å²) < 4.78 is 5.90. The molecule has 4 heteroatoms. The summed E-state index contributed by atoms with van der Waals surface area (Å²) in [5.41, 5.74) is 0.907. The Labute approximate surface area is 122 Å². The highest BCUT2D eigenvalue weighted by atomic mass is 79.9. The number of carbonyl (C=O) groups excluding carboxylic acids is 2. The summed E-state index contributed by atoms with van der Waals surface area (Å²) in [6.07, 6.45) is 1.60. The summed E-state index contributed by atoms with van der Waals surface area (Å²) in [5.74, 6) is -1.10. The van der Waals surface area contributed by atoms with Crippen molar-refractivity contribution in [2.75, 3.05) is 6.61 Å². The molecule has 3 nitrogen and oxygen atoms in total. The molecule has 0 aliphatic rings. The van der Waals surface area contributed by atoms with E-state index in [4.69, 9.17) is 4.74 Å². The average molecular weight is 327 g/mol. The maximum Gasteiger partial charge on any atom is 0.316 e. The number of ether oxygens (including phenoxy) is 1. The quantitative estimate of drug-likeness (QED) is 0.568. The summed E-state index contributed by atoms with van der Waals surface area (Å²) in [6, 6.07) is 7.57. The molecule has 0 radical (unpaired) electrons. The molecule has 19 heavy (non-hydrogen) atoms. The van der Waals surface area contributed by atoms with Gasteiger partial charge in [0.05, 0.1) is 6.61 Å². The van der Waals surface area contributed by atoms with Crippen LogP contribution in [0, 0.1) is 5.92 Å². The molecule has 1 aromatic rings. The minimum atomic E-state index is -0.635. The minimum absolute atomic E-state index is 0.0709. The average Bonchev–Trinajstić information content (AvgIpc) is 2.36. The van der Waals surface area contributed by atoms with Gasteiger partial charge in [-0.05, 0) is 31.0 Å². The molecule has 0 amide bonds. The summed E-state index contributed by atoms with van der Waals surface area (Å²) in [5, 5.41) is 0. The van der Waals surface area contributed by atoms with Crippen molar-refractivity contribution < 1.29 is 14.3 Å². The number of ketones is 1. The topological polar surface area (TPSA) is 43.4 Å². The monoisotopic (exact) mass is 326 g/mol. The van der Waals surface area contributed by atoms with E-state index in [-0.39, 0.29) is 12.2 Å². The van der Waals surface area contributed by atoms with Crippen molar-refractivity contribution in [3.05, 3.63) is 34.3 Å². The Bertz CT molecular complexity index is 443. The number of benzene rings is 1. The lowest BCUT2D eigenvalue weighted by Crippen LogP contribution is -2.27. The highest BCUT2D eigenvalue weighted by Crippen LogP contribution is 2.17. The van der Waals surface area contributed by atoms with E-state index < -0.39 is 11.9 Å². The molecule has 0 N–H and O–H groups in total. The molecule has 1 aromatic carbocycles. The third-order valence-corrected chi connectivity index (χ3v) is 3.30. The first-order valence-electron chi connectivity index (χ1n) is 6.52. The van der Waals surface area contributed by atoms with Gasteiger partial charge < -0.3 is 4.74 Å².